The third-order valence-electron chi connectivity index (χ3n) is 5.90. The van der Waals surface area contributed by atoms with Gasteiger partial charge in [-0.3, -0.25) is 4.98 Å². The summed E-state index contributed by atoms with van der Waals surface area (Å²) < 4.78 is 61.3. The molecular formula is C26H21N2Na2O6S2+. The normalized spacial score (nSPS) is 11.1. The van der Waals surface area contributed by atoms with Crippen molar-refractivity contribution in [1.29, 1.82) is 0 Å². The molecule has 3 N–H and O–H groups in total. The number of hydrogen-bond acceptors (Lipinski definition) is 8. The van der Waals surface area contributed by atoms with Crippen LogP contribution < -0.4 is 59.1 Å². The fourth-order valence-electron chi connectivity index (χ4n) is 4.55. The van der Waals surface area contributed by atoms with E-state index in [2.05, 4.69) is 9.97 Å². The first-order valence-corrected chi connectivity index (χ1v) is 13.1. The van der Waals surface area contributed by atoms with Gasteiger partial charge < -0.3 is 18.4 Å². The molecule has 3 aromatic carbocycles. The average Bonchev–Trinajstić information content (AvgIpc) is 2.82. The number of aryl methyl sites for hydroxylation is 2. The van der Waals surface area contributed by atoms with Crippen molar-refractivity contribution in [3.05, 3.63) is 84.2 Å². The SMILES string of the molecule is Cc1nc2c(ccc3c(-c4ccccc4)c(S(=O)(=O)[O-])c(C)nc32)c(-c2ccccc2)c1[S-](=O)=O.[Na+].[Na+].[OH3+]. The minimum atomic E-state index is -4.85. The van der Waals surface area contributed by atoms with Crippen molar-refractivity contribution in [3.63, 3.8) is 0 Å². The standard InChI is InChI=1S/C26H19N2O5S2.2Na.H2O/c1-15-25(34(29)30)21(17-9-5-3-6-10-17)19-13-14-20-22(18-11-7-4-8-12-18)26(35(31,32)33)16(2)28-24(20)23(19)27-15;;;/h3-14H,1-2H3,(H,31,32,33);;;1H2/q-1;2*+1;. The summed E-state index contributed by atoms with van der Waals surface area (Å²) >= 11 is 0. The Labute approximate surface area is 266 Å². The minimum absolute atomic E-state index is 0. The predicted octanol–water partition coefficient (Wildman–Crippen LogP) is -1.61. The summed E-state index contributed by atoms with van der Waals surface area (Å²) in [5.74, 6) is 0. The van der Waals surface area contributed by atoms with Gasteiger partial charge in [-0.1, -0.05) is 77.7 Å². The number of aromatic nitrogens is 2. The minimum Gasteiger partial charge on any atom is -0.744 e. The number of pyridine rings is 2. The van der Waals surface area contributed by atoms with Crippen LogP contribution in [0.4, 0.5) is 0 Å². The molecule has 0 aliphatic carbocycles. The third-order valence-corrected chi connectivity index (χ3v) is 7.73. The van der Waals surface area contributed by atoms with Crippen LogP contribution in [0.2, 0.25) is 0 Å². The van der Waals surface area contributed by atoms with Crippen molar-refractivity contribution in [2.24, 2.45) is 0 Å². The number of benzene rings is 3. The summed E-state index contributed by atoms with van der Waals surface area (Å²) in [6, 6.07) is 21.2. The molecule has 12 heteroatoms. The largest absolute Gasteiger partial charge is 1.00 e. The monoisotopic (exact) mass is 567 g/mol. The van der Waals surface area contributed by atoms with Gasteiger partial charge >= 0.3 is 59.1 Å². The van der Waals surface area contributed by atoms with Gasteiger partial charge in [0, 0.05) is 22.0 Å². The van der Waals surface area contributed by atoms with E-state index >= 15 is 0 Å². The van der Waals surface area contributed by atoms with Crippen molar-refractivity contribution in [1.82, 2.24) is 9.97 Å². The summed E-state index contributed by atoms with van der Waals surface area (Å²) in [5.41, 5.74) is 3.13. The van der Waals surface area contributed by atoms with Gasteiger partial charge in [0.05, 0.1) is 21.6 Å². The number of rotatable bonds is 4. The van der Waals surface area contributed by atoms with Crippen molar-refractivity contribution >= 4 is 42.6 Å². The molecule has 0 bridgehead atoms. The second kappa shape index (κ2) is 12.6. The first-order chi connectivity index (χ1) is 16.7. The fourth-order valence-corrected chi connectivity index (χ4v) is 6.11. The molecule has 0 unspecified atom stereocenters. The Balaban J connectivity index is 0.00000169. The summed E-state index contributed by atoms with van der Waals surface area (Å²) in [6.07, 6.45) is 0. The van der Waals surface area contributed by atoms with Crippen LogP contribution in [0, 0.1) is 13.8 Å². The Bertz CT molecular complexity index is 1820. The van der Waals surface area contributed by atoms with E-state index in [0.717, 1.165) is 0 Å². The van der Waals surface area contributed by atoms with E-state index in [4.69, 9.17) is 0 Å². The van der Waals surface area contributed by atoms with E-state index in [1.165, 1.54) is 6.92 Å². The first kappa shape index (κ1) is 32.5. The number of nitrogens with zero attached hydrogens (tertiary/aromatic N) is 2. The van der Waals surface area contributed by atoms with Gasteiger partial charge in [0.15, 0.2) is 0 Å². The molecule has 5 aromatic rings. The van der Waals surface area contributed by atoms with E-state index in [1.807, 2.05) is 30.3 Å². The maximum Gasteiger partial charge on any atom is 1.00 e. The third kappa shape index (κ3) is 5.75. The van der Waals surface area contributed by atoms with Crippen LogP contribution in [0.5, 0.6) is 0 Å². The van der Waals surface area contributed by atoms with Gasteiger partial charge in [-0.2, -0.15) is 0 Å². The predicted molar refractivity (Wildman–Crippen MR) is 137 cm³/mol. The molecule has 38 heavy (non-hydrogen) atoms. The molecular weight excluding hydrogens is 546 g/mol. The maximum atomic E-state index is 12.3. The van der Waals surface area contributed by atoms with Crippen LogP contribution in [0.25, 0.3) is 44.1 Å². The Hall–Kier alpha value is -1.70. The molecule has 0 fully saturated rings. The van der Waals surface area contributed by atoms with Crippen LogP contribution in [0.3, 0.4) is 0 Å². The fraction of sp³-hybridized carbons (Fsp3) is 0.0769. The number of fused-ring (bicyclic) bond motifs is 3. The van der Waals surface area contributed by atoms with Crippen LogP contribution in [-0.2, 0) is 34.7 Å². The van der Waals surface area contributed by atoms with Gasteiger partial charge in [0.25, 0.3) is 0 Å². The zero-order valence-corrected chi connectivity index (χ0v) is 26.9. The second-order valence-corrected chi connectivity index (χ2v) is 10.3. The molecule has 0 saturated heterocycles. The van der Waals surface area contributed by atoms with E-state index in [1.54, 1.807) is 49.4 Å². The molecule has 0 aliphatic heterocycles. The van der Waals surface area contributed by atoms with Crippen molar-refractivity contribution in [3.8, 4) is 22.3 Å². The molecule has 0 saturated carbocycles. The first-order valence-electron chi connectivity index (χ1n) is 10.6. The Morgan fingerprint density at radius 2 is 1.11 bits per heavy atom. The zero-order valence-electron chi connectivity index (χ0n) is 21.3. The summed E-state index contributed by atoms with van der Waals surface area (Å²) in [7, 11) is -7.40. The maximum absolute atomic E-state index is 12.3. The Morgan fingerprint density at radius 1 is 0.684 bits per heavy atom. The van der Waals surface area contributed by atoms with Gasteiger partial charge in [-0.15, -0.1) is 0 Å². The van der Waals surface area contributed by atoms with Gasteiger partial charge in [0.2, 0.25) is 0 Å². The molecule has 0 radical (unpaired) electrons. The van der Waals surface area contributed by atoms with Crippen molar-refractivity contribution < 1.29 is 86.0 Å². The van der Waals surface area contributed by atoms with Crippen LogP contribution in [-0.4, -0.2) is 22.9 Å². The Kier molecular flexibility index (Phi) is 10.8. The molecule has 2 aromatic heterocycles. The van der Waals surface area contributed by atoms with Crippen LogP contribution in [0.1, 0.15) is 11.4 Å². The smallest absolute Gasteiger partial charge is 0.744 e. The van der Waals surface area contributed by atoms with E-state index in [-0.39, 0.29) is 85.6 Å². The molecule has 5 rings (SSSR count). The summed E-state index contributed by atoms with van der Waals surface area (Å²) in [4.78, 5) is 8.81. The zero-order chi connectivity index (χ0) is 24.9. The molecule has 2 heterocycles. The Morgan fingerprint density at radius 3 is 1.55 bits per heavy atom. The molecule has 0 atom stereocenters. The van der Waals surface area contributed by atoms with E-state index in [9.17, 15) is 21.4 Å². The van der Waals surface area contributed by atoms with E-state index < -0.39 is 20.8 Å². The molecule has 0 amide bonds. The van der Waals surface area contributed by atoms with Gasteiger partial charge in [0.1, 0.15) is 10.1 Å². The van der Waals surface area contributed by atoms with Gasteiger partial charge in [-0.05, 0) is 41.2 Å². The second-order valence-electron chi connectivity index (χ2n) is 8.08. The van der Waals surface area contributed by atoms with Gasteiger partial charge in [-0.25, -0.2) is 13.4 Å². The molecule has 0 spiro atoms. The van der Waals surface area contributed by atoms with Crippen molar-refractivity contribution in [2.75, 3.05) is 0 Å². The average molecular weight is 568 g/mol. The quantitative estimate of drug-likeness (QED) is 0.0834. The summed E-state index contributed by atoms with van der Waals surface area (Å²) in [6.45, 7) is 3.08. The van der Waals surface area contributed by atoms with Crippen LogP contribution in [0.15, 0.2) is 82.6 Å². The molecule has 184 valence electrons. The number of hydrogen-bond donors (Lipinski definition) is 0. The molecule has 8 nitrogen and oxygen atoms in total. The van der Waals surface area contributed by atoms with Crippen LogP contribution >= 0.6 is 0 Å². The summed E-state index contributed by atoms with van der Waals surface area (Å²) in [5, 5.41) is 0.989. The van der Waals surface area contributed by atoms with E-state index in [0.29, 0.717) is 44.2 Å². The molecule has 0 aliphatic rings. The van der Waals surface area contributed by atoms with Crippen molar-refractivity contribution in [2.45, 2.75) is 23.6 Å². The topological polar surface area (TPSA) is 150 Å².